The fourth-order valence-electron chi connectivity index (χ4n) is 4.56. The van der Waals surface area contributed by atoms with Crippen LogP contribution >= 0.6 is 11.6 Å². The monoisotopic (exact) mass is 375 g/mol. The van der Waals surface area contributed by atoms with Gasteiger partial charge in [-0.1, -0.05) is 30.2 Å². The summed E-state index contributed by atoms with van der Waals surface area (Å²) < 4.78 is 1.78. The Morgan fingerprint density at radius 2 is 2.04 bits per heavy atom. The summed E-state index contributed by atoms with van der Waals surface area (Å²) in [4.78, 5) is 13.6. The zero-order valence-electron chi connectivity index (χ0n) is 14.4. The van der Waals surface area contributed by atoms with Crippen molar-refractivity contribution in [2.24, 2.45) is 0 Å². The summed E-state index contributed by atoms with van der Waals surface area (Å²) in [7, 11) is 0. The van der Waals surface area contributed by atoms with Gasteiger partial charge >= 0.3 is 6.09 Å². The third-order valence-corrected chi connectivity index (χ3v) is 6.15. The van der Waals surface area contributed by atoms with Crippen molar-refractivity contribution in [1.29, 1.82) is 0 Å². The van der Waals surface area contributed by atoms with Gasteiger partial charge in [-0.05, 0) is 42.5 Å². The smallest absolute Gasteiger partial charge is 0.407 e. The molecule has 1 fully saturated rings. The normalized spacial score (nSPS) is 21.2. The van der Waals surface area contributed by atoms with Gasteiger partial charge in [0.05, 0.1) is 31.1 Å². The van der Waals surface area contributed by atoms with E-state index in [1.54, 1.807) is 9.58 Å². The molecule has 0 saturated heterocycles. The maximum atomic E-state index is 12.1. The molecule has 0 bridgehead atoms. The van der Waals surface area contributed by atoms with Gasteiger partial charge in [-0.25, -0.2) is 4.79 Å². The Morgan fingerprint density at radius 1 is 1.31 bits per heavy atom. The number of rotatable bonds is 4. The third kappa shape index (κ3) is 2.59. The summed E-state index contributed by atoms with van der Waals surface area (Å²) >= 11 is 6.07. The van der Waals surface area contributed by atoms with Crippen LogP contribution in [0.25, 0.3) is 0 Å². The number of aliphatic hydroxyl groups is 1. The molecule has 2 N–H and O–H groups in total. The van der Waals surface area contributed by atoms with Crippen molar-refractivity contribution < 1.29 is 15.0 Å². The number of hydrogen-bond acceptors (Lipinski definition) is 3. The number of nitrogens with zero attached hydrogens (tertiary/aromatic N) is 3. The van der Waals surface area contributed by atoms with Crippen LogP contribution in [0.15, 0.2) is 30.5 Å². The zero-order chi connectivity index (χ0) is 18.3. The minimum absolute atomic E-state index is 0.0259. The van der Waals surface area contributed by atoms with Crippen LogP contribution in [-0.2, 0) is 18.4 Å². The Morgan fingerprint density at radius 3 is 2.62 bits per heavy atom. The zero-order valence-corrected chi connectivity index (χ0v) is 15.2. The molecule has 2 aliphatic rings. The van der Waals surface area contributed by atoms with Gasteiger partial charge in [0.1, 0.15) is 0 Å². The second kappa shape index (κ2) is 6.59. The average molecular weight is 376 g/mol. The SMILES string of the molecule is O=C(O)N1CCc2cnn(CCO)c2C1C1(c2ccc(Cl)cc2)CCC1. The van der Waals surface area contributed by atoms with Crippen LogP contribution in [0, 0.1) is 0 Å². The summed E-state index contributed by atoms with van der Waals surface area (Å²) in [6, 6.07) is 7.48. The highest BCUT2D eigenvalue weighted by molar-refractivity contribution is 6.30. The molecule has 138 valence electrons. The van der Waals surface area contributed by atoms with Crippen molar-refractivity contribution in [3.05, 3.63) is 52.3 Å². The first-order chi connectivity index (χ1) is 12.6. The summed E-state index contributed by atoms with van der Waals surface area (Å²) in [5.74, 6) is 0. The Balaban J connectivity index is 1.87. The molecule has 1 aromatic heterocycles. The fourth-order valence-corrected chi connectivity index (χ4v) is 4.68. The van der Waals surface area contributed by atoms with Gasteiger partial charge in [0.25, 0.3) is 0 Å². The minimum atomic E-state index is -0.905. The Kier molecular flexibility index (Phi) is 4.40. The standard InChI is InChI=1S/C19H22ClN3O3/c20-15-4-2-14(3-5-15)19(7-1-8-19)17-16-13(6-9-22(17)18(25)26)12-21-23(16)10-11-24/h2-5,12,17,24H,1,6-11H2,(H,25,26). The largest absolute Gasteiger partial charge is 0.465 e. The number of carbonyl (C=O) groups is 1. The highest BCUT2D eigenvalue weighted by Crippen LogP contribution is 2.56. The molecule has 26 heavy (non-hydrogen) atoms. The third-order valence-electron chi connectivity index (χ3n) is 5.90. The van der Waals surface area contributed by atoms with Crippen molar-refractivity contribution in [3.8, 4) is 0 Å². The molecule has 6 nitrogen and oxygen atoms in total. The van der Waals surface area contributed by atoms with Crippen molar-refractivity contribution in [3.63, 3.8) is 0 Å². The number of aromatic nitrogens is 2. The van der Waals surface area contributed by atoms with E-state index in [2.05, 4.69) is 5.10 Å². The van der Waals surface area contributed by atoms with Crippen LogP contribution in [0.4, 0.5) is 4.79 Å². The molecule has 1 aromatic carbocycles. The van der Waals surface area contributed by atoms with Gasteiger partial charge in [-0.3, -0.25) is 9.58 Å². The summed E-state index contributed by atoms with van der Waals surface area (Å²) in [6.45, 7) is 0.811. The van der Waals surface area contributed by atoms with E-state index in [9.17, 15) is 15.0 Å². The van der Waals surface area contributed by atoms with Gasteiger partial charge in [-0.15, -0.1) is 0 Å². The molecule has 7 heteroatoms. The highest BCUT2D eigenvalue weighted by atomic mass is 35.5. The van der Waals surface area contributed by atoms with E-state index in [4.69, 9.17) is 11.6 Å². The second-order valence-electron chi connectivity index (χ2n) is 7.15. The van der Waals surface area contributed by atoms with Gasteiger partial charge < -0.3 is 10.2 Å². The first-order valence-corrected chi connectivity index (χ1v) is 9.36. The maximum Gasteiger partial charge on any atom is 0.407 e. The molecule has 0 spiro atoms. The Hall–Kier alpha value is -2.05. The first kappa shape index (κ1) is 17.4. The van der Waals surface area contributed by atoms with Gasteiger partial charge in [0.15, 0.2) is 0 Å². The van der Waals surface area contributed by atoms with Gasteiger partial charge in [0.2, 0.25) is 0 Å². The summed E-state index contributed by atoms with van der Waals surface area (Å²) in [6.07, 6.45) is 4.49. The van der Waals surface area contributed by atoms with E-state index in [-0.39, 0.29) is 18.1 Å². The van der Waals surface area contributed by atoms with Crippen molar-refractivity contribution in [2.45, 2.75) is 43.7 Å². The van der Waals surface area contributed by atoms with Crippen LogP contribution < -0.4 is 0 Å². The van der Waals surface area contributed by atoms with E-state index in [1.165, 1.54) is 0 Å². The summed E-state index contributed by atoms with van der Waals surface area (Å²) in [5, 5.41) is 24.4. The predicted octanol–water partition coefficient (Wildman–Crippen LogP) is 3.23. The molecule has 2 aromatic rings. The molecule has 0 radical (unpaired) electrons. The Bertz CT molecular complexity index is 814. The molecular formula is C19H22ClN3O3. The minimum Gasteiger partial charge on any atom is -0.465 e. The van der Waals surface area contributed by atoms with E-state index in [0.29, 0.717) is 24.5 Å². The molecule has 1 aliphatic heterocycles. The van der Waals surface area contributed by atoms with E-state index >= 15 is 0 Å². The van der Waals surface area contributed by atoms with Crippen LogP contribution in [0.5, 0.6) is 0 Å². The van der Waals surface area contributed by atoms with Crippen molar-refractivity contribution in [1.82, 2.24) is 14.7 Å². The summed E-state index contributed by atoms with van der Waals surface area (Å²) in [5.41, 5.74) is 2.86. The molecule has 4 rings (SSSR count). The number of halogens is 1. The number of amides is 1. The van der Waals surface area contributed by atoms with Crippen LogP contribution in [-0.4, -0.2) is 44.1 Å². The average Bonchev–Trinajstić information content (AvgIpc) is 2.99. The number of aliphatic hydroxyl groups excluding tert-OH is 1. The van der Waals surface area contributed by atoms with Crippen LogP contribution in [0.1, 0.15) is 42.1 Å². The predicted molar refractivity (Wildman–Crippen MR) is 97.5 cm³/mol. The van der Waals surface area contributed by atoms with Gasteiger partial charge in [-0.2, -0.15) is 5.10 Å². The lowest BCUT2D eigenvalue weighted by Gasteiger charge is -2.53. The molecule has 1 aliphatic carbocycles. The molecule has 1 amide bonds. The molecule has 1 atom stereocenters. The quantitative estimate of drug-likeness (QED) is 0.859. The lowest BCUT2D eigenvalue weighted by atomic mass is 9.58. The van der Waals surface area contributed by atoms with E-state index in [0.717, 1.165) is 36.1 Å². The van der Waals surface area contributed by atoms with Crippen molar-refractivity contribution in [2.75, 3.05) is 13.2 Å². The molecular weight excluding hydrogens is 354 g/mol. The first-order valence-electron chi connectivity index (χ1n) is 8.98. The number of hydrogen-bond donors (Lipinski definition) is 2. The van der Waals surface area contributed by atoms with E-state index < -0.39 is 6.09 Å². The topological polar surface area (TPSA) is 78.6 Å². The Labute approximate surface area is 157 Å². The lowest BCUT2D eigenvalue weighted by molar-refractivity contribution is 0.0461. The van der Waals surface area contributed by atoms with Gasteiger partial charge in [0, 0.05) is 17.0 Å². The van der Waals surface area contributed by atoms with Crippen molar-refractivity contribution >= 4 is 17.7 Å². The molecule has 1 saturated carbocycles. The fraction of sp³-hybridized carbons (Fsp3) is 0.474. The van der Waals surface area contributed by atoms with E-state index in [1.807, 2.05) is 30.5 Å². The lowest BCUT2D eigenvalue weighted by Crippen LogP contribution is -2.53. The maximum absolute atomic E-state index is 12.1. The second-order valence-corrected chi connectivity index (χ2v) is 7.58. The number of benzene rings is 1. The molecule has 1 unspecified atom stereocenters. The van der Waals surface area contributed by atoms with Crippen LogP contribution in [0.2, 0.25) is 5.02 Å². The number of carboxylic acid groups (broad SMARTS) is 1. The molecule has 2 heterocycles. The highest BCUT2D eigenvalue weighted by Gasteiger charge is 2.53. The van der Waals surface area contributed by atoms with Crippen LogP contribution in [0.3, 0.4) is 0 Å². The number of fused-ring (bicyclic) bond motifs is 1.